The minimum absolute atomic E-state index is 0.622. The van der Waals surface area contributed by atoms with Crippen LogP contribution in [-0.4, -0.2) is 9.13 Å². The number of benzene rings is 7. The van der Waals surface area contributed by atoms with E-state index in [1.807, 2.05) is 36.4 Å². The van der Waals surface area contributed by atoms with Gasteiger partial charge in [-0.1, -0.05) is 97.1 Å². The van der Waals surface area contributed by atoms with Gasteiger partial charge in [0.1, 0.15) is 0 Å². The smallest absolute Gasteiger partial charge is 0.0998 e. The highest BCUT2D eigenvalue weighted by atomic mass is 15.0. The third-order valence-corrected chi connectivity index (χ3v) is 9.40. The average Bonchev–Trinajstić information content (AvgIpc) is 3.68. The largest absolute Gasteiger partial charge is 0.309 e. The first-order valence-corrected chi connectivity index (χ1v) is 15.9. The number of hydrogen-bond acceptors (Lipinski definition) is 2. The lowest BCUT2D eigenvalue weighted by Gasteiger charge is -2.15. The molecular weight excluding hydrogens is 585 g/mol. The number of hydrogen-bond donors (Lipinski definition) is 0. The molecule has 4 heteroatoms. The Bertz CT molecular complexity index is 2750. The molecule has 0 unspecified atom stereocenters. The number of para-hydroxylation sites is 3. The molecule has 0 saturated heterocycles. The van der Waals surface area contributed by atoms with E-state index in [1.165, 1.54) is 10.8 Å². The van der Waals surface area contributed by atoms with Crippen LogP contribution in [0.1, 0.15) is 11.1 Å². The highest BCUT2D eigenvalue weighted by Crippen LogP contribution is 2.38. The van der Waals surface area contributed by atoms with Crippen LogP contribution in [0.2, 0.25) is 0 Å². The Hall–Kier alpha value is -6.88. The van der Waals surface area contributed by atoms with Crippen molar-refractivity contribution in [2.24, 2.45) is 0 Å². The second-order valence-electron chi connectivity index (χ2n) is 12.0. The molecule has 0 bridgehead atoms. The van der Waals surface area contributed by atoms with Crippen LogP contribution in [-0.2, 0) is 0 Å². The fourth-order valence-corrected chi connectivity index (χ4v) is 7.27. The van der Waals surface area contributed by atoms with E-state index in [0.29, 0.717) is 11.1 Å². The monoisotopic (exact) mass is 610 g/mol. The molecule has 9 aromatic rings. The number of nitrogens with zero attached hydrogens (tertiary/aromatic N) is 4. The van der Waals surface area contributed by atoms with Crippen LogP contribution in [0.3, 0.4) is 0 Å². The fourth-order valence-electron chi connectivity index (χ4n) is 7.27. The maximum atomic E-state index is 9.89. The quantitative estimate of drug-likeness (QED) is 0.199. The highest BCUT2D eigenvalue weighted by Gasteiger charge is 2.17. The average molecular weight is 611 g/mol. The minimum Gasteiger partial charge on any atom is -0.309 e. The Balaban J connectivity index is 1.17. The van der Waals surface area contributed by atoms with Crippen LogP contribution >= 0.6 is 0 Å². The Morgan fingerprint density at radius 2 is 1.02 bits per heavy atom. The van der Waals surface area contributed by atoms with Gasteiger partial charge >= 0.3 is 0 Å². The molecule has 0 spiro atoms. The molecule has 0 atom stereocenters. The predicted molar refractivity (Wildman–Crippen MR) is 195 cm³/mol. The summed E-state index contributed by atoms with van der Waals surface area (Å²) in [5.41, 5.74) is 11.9. The standard InChI is InChI=1S/C44H26N4/c45-27-29-19-24-42(48-39-15-4-1-12-35(39)36-13-2-5-16-40(36)48)38(25-29)31-22-20-30(21-23-31)32-9-7-11-34(26-32)47-41-17-6-3-14-37(41)44-33(28-46)10-8-18-43(44)47/h1-26H. The molecule has 0 fully saturated rings. The van der Waals surface area contributed by atoms with Gasteiger partial charge in [0.15, 0.2) is 0 Å². The second kappa shape index (κ2) is 10.9. The number of nitriles is 2. The minimum atomic E-state index is 0.622. The van der Waals surface area contributed by atoms with Gasteiger partial charge in [0, 0.05) is 32.8 Å². The van der Waals surface area contributed by atoms with E-state index in [9.17, 15) is 10.5 Å². The van der Waals surface area contributed by atoms with Crippen molar-refractivity contribution in [3.63, 3.8) is 0 Å². The lowest BCUT2D eigenvalue weighted by Crippen LogP contribution is -1.98. The van der Waals surface area contributed by atoms with E-state index in [-0.39, 0.29) is 0 Å². The normalized spacial score (nSPS) is 11.3. The van der Waals surface area contributed by atoms with Crippen molar-refractivity contribution in [1.82, 2.24) is 9.13 Å². The molecule has 48 heavy (non-hydrogen) atoms. The molecule has 0 N–H and O–H groups in total. The summed E-state index contributed by atoms with van der Waals surface area (Å²) >= 11 is 0. The van der Waals surface area contributed by atoms with Crippen LogP contribution in [0.4, 0.5) is 0 Å². The van der Waals surface area contributed by atoms with Crippen LogP contribution < -0.4 is 0 Å². The summed E-state index contributed by atoms with van der Waals surface area (Å²) in [5, 5.41) is 24.2. The third kappa shape index (κ3) is 4.14. The van der Waals surface area contributed by atoms with Gasteiger partial charge in [0.2, 0.25) is 0 Å². The molecule has 222 valence electrons. The Morgan fingerprint density at radius 3 is 1.71 bits per heavy atom. The van der Waals surface area contributed by atoms with Gasteiger partial charge in [-0.05, 0) is 77.4 Å². The molecule has 9 rings (SSSR count). The zero-order valence-corrected chi connectivity index (χ0v) is 25.8. The summed E-state index contributed by atoms with van der Waals surface area (Å²) in [4.78, 5) is 0. The van der Waals surface area contributed by atoms with E-state index in [2.05, 4.69) is 143 Å². The van der Waals surface area contributed by atoms with Crippen LogP contribution in [0.5, 0.6) is 0 Å². The maximum absolute atomic E-state index is 9.89. The number of rotatable bonds is 4. The predicted octanol–water partition coefficient (Wildman–Crippen LogP) is 11.0. The number of aromatic nitrogens is 2. The molecule has 7 aromatic carbocycles. The van der Waals surface area contributed by atoms with Gasteiger partial charge in [0.05, 0.1) is 51.0 Å². The SMILES string of the molecule is N#Cc1ccc(-n2c3ccccc3c3ccccc32)c(-c2ccc(-c3cccc(-n4c5ccccc5c5c(C#N)cccc54)c3)cc2)c1. The zero-order valence-electron chi connectivity index (χ0n) is 25.8. The van der Waals surface area contributed by atoms with Crippen molar-refractivity contribution < 1.29 is 0 Å². The van der Waals surface area contributed by atoms with E-state index in [1.54, 1.807) is 0 Å². The van der Waals surface area contributed by atoms with E-state index < -0.39 is 0 Å². The van der Waals surface area contributed by atoms with Gasteiger partial charge in [-0.25, -0.2) is 0 Å². The summed E-state index contributed by atoms with van der Waals surface area (Å²) in [6, 6.07) is 59.0. The van der Waals surface area contributed by atoms with Gasteiger partial charge < -0.3 is 9.13 Å². The first-order valence-electron chi connectivity index (χ1n) is 15.9. The lowest BCUT2D eigenvalue weighted by molar-refractivity contribution is 1.18. The Labute approximate surface area is 277 Å². The molecule has 0 amide bonds. The first kappa shape index (κ1) is 27.4. The Kier molecular flexibility index (Phi) is 6.22. The molecule has 0 aliphatic carbocycles. The topological polar surface area (TPSA) is 57.4 Å². The summed E-state index contributed by atoms with van der Waals surface area (Å²) in [6.45, 7) is 0. The molecular formula is C44H26N4. The van der Waals surface area contributed by atoms with E-state index in [4.69, 9.17) is 0 Å². The molecule has 2 heterocycles. The van der Waals surface area contributed by atoms with E-state index in [0.717, 1.165) is 66.5 Å². The highest BCUT2D eigenvalue weighted by molar-refractivity contribution is 6.12. The van der Waals surface area contributed by atoms with Gasteiger partial charge in [-0.15, -0.1) is 0 Å². The lowest BCUT2D eigenvalue weighted by atomic mass is 9.97. The van der Waals surface area contributed by atoms with Crippen molar-refractivity contribution in [2.75, 3.05) is 0 Å². The first-order chi connectivity index (χ1) is 23.7. The molecule has 0 aliphatic heterocycles. The van der Waals surface area contributed by atoms with Crippen molar-refractivity contribution in [3.05, 3.63) is 169 Å². The second-order valence-corrected chi connectivity index (χ2v) is 12.0. The molecule has 2 aromatic heterocycles. The molecule has 0 aliphatic rings. The summed E-state index contributed by atoms with van der Waals surface area (Å²) in [5.74, 6) is 0. The van der Waals surface area contributed by atoms with Crippen molar-refractivity contribution in [1.29, 1.82) is 10.5 Å². The van der Waals surface area contributed by atoms with E-state index >= 15 is 0 Å². The van der Waals surface area contributed by atoms with Gasteiger partial charge in [0.25, 0.3) is 0 Å². The number of fused-ring (bicyclic) bond motifs is 6. The van der Waals surface area contributed by atoms with Crippen molar-refractivity contribution >= 4 is 43.6 Å². The summed E-state index contributed by atoms with van der Waals surface area (Å²) in [6.07, 6.45) is 0. The van der Waals surface area contributed by atoms with Crippen molar-refractivity contribution in [2.45, 2.75) is 0 Å². The molecule has 0 radical (unpaired) electrons. The maximum Gasteiger partial charge on any atom is 0.0998 e. The van der Waals surface area contributed by atoms with Crippen LogP contribution in [0.25, 0.3) is 77.2 Å². The molecule has 4 nitrogen and oxygen atoms in total. The van der Waals surface area contributed by atoms with Gasteiger partial charge in [-0.2, -0.15) is 10.5 Å². The van der Waals surface area contributed by atoms with Crippen LogP contribution in [0, 0.1) is 22.7 Å². The Morgan fingerprint density at radius 1 is 0.417 bits per heavy atom. The van der Waals surface area contributed by atoms with Crippen molar-refractivity contribution in [3.8, 4) is 45.8 Å². The van der Waals surface area contributed by atoms with Crippen LogP contribution in [0.15, 0.2) is 158 Å². The zero-order chi connectivity index (χ0) is 32.2. The third-order valence-electron chi connectivity index (χ3n) is 9.40. The summed E-state index contributed by atoms with van der Waals surface area (Å²) in [7, 11) is 0. The molecule has 0 saturated carbocycles. The summed E-state index contributed by atoms with van der Waals surface area (Å²) < 4.78 is 4.55. The van der Waals surface area contributed by atoms with Gasteiger partial charge in [-0.3, -0.25) is 0 Å². The fraction of sp³-hybridized carbons (Fsp3) is 0.